The van der Waals surface area contributed by atoms with E-state index in [1.165, 1.54) is 17.7 Å². The Kier molecular flexibility index (Phi) is 2.34. The van der Waals surface area contributed by atoms with Crippen LogP contribution in [0.1, 0.15) is 41.2 Å². The SMILES string of the molecule is Cn1c(C(=O)O)c(C2CCC2)ccc1=O. The van der Waals surface area contributed by atoms with Crippen molar-refractivity contribution < 1.29 is 9.90 Å². The largest absolute Gasteiger partial charge is 0.477 e. The zero-order chi connectivity index (χ0) is 11.0. The molecule has 0 saturated heterocycles. The van der Waals surface area contributed by atoms with Gasteiger partial charge in [-0.15, -0.1) is 0 Å². The number of hydrogen-bond acceptors (Lipinski definition) is 2. The first-order chi connectivity index (χ1) is 7.11. The molecule has 1 heterocycles. The summed E-state index contributed by atoms with van der Waals surface area (Å²) >= 11 is 0. The second kappa shape index (κ2) is 3.53. The Hall–Kier alpha value is -1.58. The summed E-state index contributed by atoms with van der Waals surface area (Å²) in [6.07, 6.45) is 3.20. The summed E-state index contributed by atoms with van der Waals surface area (Å²) in [7, 11) is 1.51. The lowest BCUT2D eigenvalue weighted by Crippen LogP contribution is -2.26. The molecule has 1 saturated carbocycles. The van der Waals surface area contributed by atoms with Crippen LogP contribution in [0.15, 0.2) is 16.9 Å². The molecule has 0 radical (unpaired) electrons. The van der Waals surface area contributed by atoms with Crippen molar-refractivity contribution in [3.63, 3.8) is 0 Å². The van der Waals surface area contributed by atoms with E-state index < -0.39 is 5.97 Å². The Morgan fingerprint density at radius 1 is 1.47 bits per heavy atom. The maximum absolute atomic E-state index is 11.3. The lowest BCUT2D eigenvalue weighted by atomic mass is 9.79. The van der Waals surface area contributed by atoms with Gasteiger partial charge in [0.15, 0.2) is 0 Å². The molecule has 4 heteroatoms. The van der Waals surface area contributed by atoms with Gasteiger partial charge in [0.2, 0.25) is 0 Å². The molecule has 1 N–H and O–H groups in total. The minimum absolute atomic E-state index is 0.146. The first-order valence-electron chi connectivity index (χ1n) is 5.04. The standard InChI is InChI=1S/C11H13NO3/c1-12-9(13)6-5-8(7-3-2-4-7)10(12)11(14)15/h5-7H,2-4H2,1H3,(H,14,15). The van der Waals surface area contributed by atoms with Crippen LogP contribution in [-0.4, -0.2) is 15.6 Å². The van der Waals surface area contributed by atoms with Gasteiger partial charge in [0.1, 0.15) is 5.69 Å². The van der Waals surface area contributed by atoms with Gasteiger partial charge in [0, 0.05) is 13.1 Å². The highest BCUT2D eigenvalue weighted by Gasteiger charge is 2.26. The van der Waals surface area contributed by atoms with Gasteiger partial charge in [0.05, 0.1) is 0 Å². The quantitative estimate of drug-likeness (QED) is 0.796. The number of nitrogens with zero attached hydrogens (tertiary/aromatic N) is 1. The van der Waals surface area contributed by atoms with Crippen molar-refractivity contribution in [3.05, 3.63) is 33.7 Å². The van der Waals surface area contributed by atoms with Crippen LogP contribution in [0.5, 0.6) is 0 Å². The molecule has 0 amide bonds. The van der Waals surface area contributed by atoms with Crippen LogP contribution >= 0.6 is 0 Å². The maximum atomic E-state index is 11.3. The number of carboxylic acid groups (broad SMARTS) is 1. The van der Waals surface area contributed by atoms with E-state index in [4.69, 9.17) is 5.11 Å². The molecule has 4 nitrogen and oxygen atoms in total. The summed E-state index contributed by atoms with van der Waals surface area (Å²) < 4.78 is 1.22. The fourth-order valence-electron chi connectivity index (χ4n) is 1.97. The van der Waals surface area contributed by atoms with E-state index in [0.29, 0.717) is 5.92 Å². The van der Waals surface area contributed by atoms with E-state index in [9.17, 15) is 9.59 Å². The normalized spacial score (nSPS) is 16.1. The molecule has 0 spiro atoms. The van der Waals surface area contributed by atoms with E-state index in [1.54, 1.807) is 6.07 Å². The first kappa shape index (κ1) is 9.96. The molecular weight excluding hydrogens is 194 g/mol. The Morgan fingerprint density at radius 3 is 2.60 bits per heavy atom. The van der Waals surface area contributed by atoms with Crippen molar-refractivity contribution in [1.82, 2.24) is 4.57 Å². The van der Waals surface area contributed by atoms with Crippen molar-refractivity contribution in [2.75, 3.05) is 0 Å². The Morgan fingerprint density at radius 2 is 2.13 bits per heavy atom. The minimum Gasteiger partial charge on any atom is -0.477 e. The molecule has 1 aromatic heterocycles. The van der Waals surface area contributed by atoms with Crippen molar-refractivity contribution in [1.29, 1.82) is 0 Å². The van der Waals surface area contributed by atoms with Crippen molar-refractivity contribution >= 4 is 5.97 Å². The van der Waals surface area contributed by atoms with Gasteiger partial charge in [-0.3, -0.25) is 4.79 Å². The van der Waals surface area contributed by atoms with Gasteiger partial charge in [-0.1, -0.05) is 12.5 Å². The summed E-state index contributed by atoms with van der Waals surface area (Å²) in [6.45, 7) is 0. The predicted octanol–water partition coefficient (Wildman–Crippen LogP) is 1.35. The molecule has 1 fully saturated rings. The Labute approximate surface area is 87.2 Å². The van der Waals surface area contributed by atoms with Crippen molar-refractivity contribution in [2.24, 2.45) is 7.05 Å². The second-order valence-corrected chi connectivity index (χ2v) is 3.97. The third-order valence-electron chi connectivity index (χ3n) is 3.09. The highest BCUT2D eigenvalue weighted by molar-refractivity contribution is 5.87. The van der Waals surface area contributed by atoms with Crippen LogP contribution < -0.4 is 5.56 Å². The number of carbonyl (C=O) groups is 1. The summed E-state index contributed by atoms with van der Waals surface area (Å²) in [4.78, 5) is 22.4. The van der Waals surface area contributed by atoms with E-state index in [0.717, 1.165) is 24.8 Å². The Bertz CT molecular complexity index is 457. The Balaban J connectivity index is 2.58. The average molecular weight is 207 g/mol. The number of pyridine rings is 1. The molecule has 0 aromatic carbocycles. The summed E-state index contributed by atoms with van der Waals surface area (Å²) in [5, 5.41) is 9.08. The van der Waals surface area contributed by atoms with Gasteiger partial charge in [0.25, 0.3) is 5.56 Å². The summed E-state index contributed by atoms with van der Waals surface area (Å²) in [5.41, 5.74) is 0.679. The van der Waals surface area contributed by atoms with Crippen molar-refractivity contribution in [2.45, 2.75) is 25.2 Å². The van der Waals surface area contributed by atoms with Gasteiger partial charge < -0.3 is 9.67 Å². The van der Waals surface area contributed by atoms with E-state index in [2.05, 4.69) is 0 Å². The third-order valence-corrected chi connectivity index (χ3v) is 3.09. The molecule has 1 aliphatic carbocycles. The molecule has 0 aliphatic heterocycles. The molecule has 2 rings (SSSR count). The van der Waals surface area contributed by atoms with Crippen LogP contribution in [0, 0.1) is 0 Å². The third kappa shape index (κ3) is 1.56. The van der Waals surface area contributed by atoms with Crippen LogP contribution in [0.2, 0.25) is 0 Å². The van der Waals surface area contributed by atoms with E-state index in [-0.39, 0.29) is 11.3 Å². The lowest BCUT2D eigenvalue weighted by molar-refractivity contribution is 0.0682. The number of hydrogen-bond donors (Lipinski definition) is 1. The van der Waals surface area contributed by atoms with Gasteiger partial charge in [-0.25, -0.2) is 4.79 Å². The van der Waals surface area contributed by atoms with Crippen LogP contribution in [0.25, 0.3) is 0 Å². The summed E-state index contributed by atoms with van der Waals surface area (Å²) in [5.74, 6) is -0.694. The van der Waals surface area contributed by atoms with Gasteiger partial charge in [-0.05, 0) is 24.3 Å². The van der Waals surface area contributed by atoms with E-state index >= 15 is 0 Å². The monoisotopic (exact) mass is 207 g/mol. The zero-order valence-electron chi connectivity index (χ0n) is 8.56. The molecule has 0 bridgehead atoms. The number of aromatic carboxylic acids is 1. The fraction of sp³-hybridized carbons (Fsp3) is 0.455. The molecule has 80 valence electrons. The highest BCUT2D eigenvalue weighted by Crippen LogP contribution is 2.37. The highest BCUT2D eigenvalue weighted by atomic mass is 16.4. The summed E-state index contributed by atoms with van der Waals surface area (Å²) in [6, 6.07) is 3.11. The maximum Gasteiger partial charge on any atom is 0.352 e. The van der Waals surface area contributed by atoms with Gasteiger partial charge in [-0.2, -0.15) is 0 Å². The smallest absolute Gasteiger partial charge is 0.352 e. The second-order valence-electron chi connectivity index (χ2n) is 3.97. The van der Waals surface area contributed by atoms with Crippen LogP contribution in [0.4, 0.5) is 0 Å². The number of rotatable bonds is 2. The fourth-order valence-corrected chi connectivity index (χ4v) is 1.97. The van der Waals surface area contributed by atoms with Gasteiger partial charge >= 0.3 is 5.97 Å². The van der Waals surface area contributed by atoms with Crippen LogP contribution in [0.3, 0.4) is 0 Å². The zero-order valence-corrected chi connectivity index (χ0v) is 8.56. The first-order valence-corrected chi connectivity index (χ1v) is 5.04. The number of carboxylic acids is 1. The lowest BCUT2D eigenvalue weighted by Gasteiger charge is -2.27. The predicted molar refractivity (Wildman–Crippen MR) is 55.2 cm³/mol. The molecular formula is C11H13NO3. The average Bonchev–Trinajstić information content (AvgIpc) is 2.08. The van der Waals surface area contributed by atoms with Crippen molar-refractivity contribution in [3.8, 4) is 0 Å². The van der Waals surface area contributed by atoms with E-state index in [1.807, 2.05) is 0 Å². The molecule has 0 unspecified atom stereocenters. The minimum atomic E-state index is -1.02. The molecule has 15 heavy (non-hydrogen) atoms. The molecule has 1 aliphatic rings. The number of aromatic nitrogens is 1. The molecule has 1 aromatic rings. The van der Waals surface area contributed by atoms with Crippen LogP contribution in [-0.2, 0) is 7.05 Å². The molecule has 0 atom stereocenters. The topological polar surface area (TPSA) is 59.3 Å².